The van der Waals surface area contributed by atoms with E-state index in [4.69, 9.17) is 0 Å². The number of amides is 1. The van der Waals surface area contributed by atoms with E-state index in [1.165, 1.54) is 19.1 Å². The van der Waals surface area contributed by atoms with Crippen LogP contribution in [0, 0.1) is 5.92 Å². The molecule has 1 heterocycles. The molecule has 180 valence electrons. The third kappa shape index (κ3) is 5.95. The Morgan fingerprint density at radius 3 is 2.24 bits per heavy atom. The van der Waals surface area contributed by atoms with E-state index in [-0.39, 0.29) is 17.4 Å². The zero-order valence-corrected chi connectivity index (χ0v) is 19.1. The van der Waals surface area contributed by atoms with Gasteiger partial charge in [-0.15, -0.1) is 9.24 Å². The van der Waals surface area contributed by atoms with E-state index in [1.807, 2.05) is 0 Å². The number of halogens is 6. The summed E-state index contributed by atoms with van der Waals surface area (Å²) in [6.07, 6.45) is -3.86. The number of alkyl halides is 6. The first kappa shape index (κ1) is 25.7. The van der Waals surface area contributed by atoms with Gasteiger partial charge in [-0.3, -0.25) is 9.78 Å². The van der Waals surface area contributed by atoms with Crippen molar-refractivity contribution >= 4 is 15.1 Å². The number of allylic oxidation sites excluding steroid dienone is 4. The third-order valence-corrected chi connectivity index (χ3v) is 5.71. The summed E-state index contributed by atoms with van der Waals surface area (Å²) < 4.78 is 79.7. The van der Waals surface area contributed by atoms with Crippen LogP contribution in [0.2, 0.25) is 0 Å². The van der Waals surface area contributed by atoms with E-state index < -0.39 is 40.9 Å². The lowest BCUT2D eigenvalue weighted by Crippen LogP contribution is -2.52. The van der Waals surface area contributed by atoms with E-state index >= 15 is 0 Å². The van der Waals surface area contributed by atoms with Crippen molar-refractivity contribution in [3.05, 3.63) is 101 Å². The van der Waals surface area contributed by atoms with Gasteiger partial charge in [0, 0.05) is 25.5 Å². The molecule has 3 atom stereocenters. The molecule has 1 aromatic heterocycles. The Bertz CT molecular complexity index is 1120. The maximum Gasteiger partial charge on any atom is 0.417 e. The van der Waals surface area contributed by atoms with Gasteiger partial charge in [0.25, 0.3) is 0 Å². The molecule has 0 aliphatic heterocycles. The lowest BCUT2D eigenvalue weighted by molar-refractivity contribution is -0.138. The quantitative estimate of drug-likeness (QED) is 0.400. The van der Waals surface area contributed by atoms with Crippen LogP contribution in [0.1, 0.15) is 23.7 Å². The smallest absolute Gasteiger partial charge is 0.344 e. The van der Waals surface area contributed by atoms with Gasteiger partial charge in [-0.2, -0.15) is 26.3 Å². The van der Waals surface area contributed by atoms with Crippen LogP contribution in [0.25, 0.3) is 0 Å². The average molecular weight is 498 g/mol. The van der Waals surface area contributed by atoms with Crippen LogP contribution >= 0.6 is 9.24 Å². The van der Waals surface area contributed by atoms with Gasteiger partial charge in [0.2, 0.25) is 5.91 Å². The summed E-state index contributed by atoms with van der Waals surface area (Å²) in [5.74, 6) is -1.39. The van der Waals surface area contributed by atoms with Crippen molar-refractivity contribution < 1.29 is 31.1 Å². The summed E-state index contributed by atoms with van der Waals surface area (Å²) >= 11 is 0. The number of carbonyl (C=O) groups excluding carboxylic acids is 1. The standard InChI is InChI=1S/C24H21F6N2OP/c1-15(33)32-22(13-16-5-3-2-4-6-16,21-10-9-19(14-31-21)24(28,29)30)17-7-8-18(23(25,26)27)12-20(34)11-17/h2-12,14,17H,13,34H2,1H3,(H,32,33)/t17?,22-/m0/s1. The molecule has 0 saturated carbocycles. The number of hydrogen-bond acceptors (Lipinski definition) is 2. The largest absolute Gasteiger partial charge is 0.417 e. The second-order valence-electron chi connectivity index (χ2n) is 7.89. The molecule has 2 unspecified atom stereocenters. The van der Waals surface area contributed by atoms with E-state index in [0.717, 1.165) is 24.3 Å². The van der Waals surface area contributed by atoms with Gasteiger partial charge in [-0.1, -0.05) is 48.6 Å². The summed E-state index contributed by atoms with van der Waals surface area (Å²) in [6, 6.07) is 10.8. The van der Waals surface area contributed by atoms with Gasteiger partial charge in [-0.05, 0) is 29.1 Å². The molecule has 10 heteroatoms. The Morgan fingerprint density at radius 1 is 1.03 bits per heavy atom. The predicted octanol–water partition coefficient (Wildman–Crippen LogP) is 6.11. The van der Waals surface area contributed by atoms with Gasteiger partial charge in [0.1, 0.15) is 0 Å². The molecule has 3 rings (SSSR count). The first-order valence-electron chi connectivity index (χ1n) is 10.1. The first-order chi connectivity index (χ1) is 15.8. The zero-order chi connectivity index (χ0) is 25.1. The minimum Gasteiger partial charge on any atom is -0.344 e. The van der Waals surface area contributed by atoms with Crippen molar-refractivity contribution in [3.63, 3.8) is 0 Å². The number of aromatic nitrogens is 1. The van der Waals surface area contributed by atoms with Gasteiger partial charge in [0.15, 0.2) is 0 Å². The predicted molar refractivity (Wildman–Crippen MR) is 119 cm³/mol. The van der Waals surface area contributed by atoms with Crippen LogP contribution in [-0.4, -0.2) is 17.1 Å². The van der Waals surface area contributed by atoms with Crippen LogP contribution in [0.15, 0.2) is 83.9 Å². The van der Waals surface area contributed by atoms with E-state index in [2.05, 4.69) is 19.5 Å². The first-order valence-corrected chi connectivity index (χ1v) is 10.7. The molecule has 0 radical (unpaired) electrons. The topological polar surface area (TPSA) is 42.0 Å². The summed E-state index contributed by atoms with van der Waals surface area (Å²) in [6.45, 7) is 1.23. The molecule has 3 nitrogen and oxygen atoms in total. The number of pyridine rings is 1. The monoisotopic (exact) mass is 498 g/mol. The minimum atomic E-state index is -4.62. The van der Waals surface area contributed by atoms with Crippen molar-refractivity contribution in [1.82, 2.24) is 10.3 Å². The van der Waals surface area contributed by atoms with Crippen molar-refractivity contribution in [1.29, 1.82) is 0 Å². The SMILES string of the molecule is CC(=O)N[C@](Cc1ccccc1)(c1ccc(C(F)(F)F)cn1)C1C=CC(C(F)(F)F)=CC(P)=C1. The Hall–Kier alpha value is -2.93. The minimum absolute atomic E-state index is 0.0661. The summed E-state index contributed by atoms with van der Waals surface area (Å²) in [5, 5.41) is 3.00. The van der Waals surface area contributed by atoms with Crippen molar-refractivity contribution in [2.75, 3.05) is 0 Å². The van der Waals surface area contributed by atoms with Crippen LogP contribution < -0.4 is 5.32 Å². The molecule has 0 bridgehead atoms. The summed E-state index contributed by atoms with van der Waals surface area (Å²) in [4.78, 5) is 16.3. The Morgan fingerprint density at radius 2 is 1.71 bits per heavy atom. The molecule has 1 amide bonds. The average Bonchev–Trinajstić information content (AvgIpc) is 2.95. The van der Waals surface area contributed by atoms with Gasteiger partial charge >= 0.3 is 12.4 Å². The second kappa shape index (κ2) is 9.74. The molecule has 1 aliphatic carbocycles. The molecule has 0 spiro atoms. The van der Waals surface area contributed by atoms with E-state index in [0.29, 0.717) is 11.8 Å². The van der Waals surface area contributed by atoms with E-state index in [1.54, 1.807) is 30.3 Å². The lowest BCUT2D eigenvalue weighted by atomic mass is 9.75. The number of nitrogens with zero attached hydrogens (tertiary/aromatic N) is 1. The van der Waals surface area contributed by atoms with E-state index in [9.17, 15) is 31.1 Å². The van der Waals surface area contributed by atoms with Crippen molar-refractivity contribution in [2.45, 2.75) is 31.2 Å². The highest BCUT2D eigenvalue weighted by atomic mass is 31.0. The molecular formula is C24H21F6N2OP. The number of hydrogen-bond donors (Lipinski definition) is 1. The van der Waals surface area contributed by atoms with Crippen LogP contribution in [0.5, 0.6) is 0 Å². The number of rotatable bonds is 5. The Labute approximate surface area is 194 Å². The Kier molecular flexibility index (Phi) is 7.36. The lowest BCUT2D eigenvalue weighted by Gasteiger charge is -2.39. The van der Waals surface area contributed by atoms with Gasteiger partial charge in [-0.25, -0.2) is 0 Å². The second-order valence-corrected chi connectivity index (χ2v) is 8.56. The maximum absolute atomic E-state index is 13.4. The fraction of sp³-hybridized carbons (Fsp3) is 0.250. The molecule has 1 aromatic carbocycles. The zero-order valence-electron chi connectivity index (χ0n) is 17.9. The van der Waals surface area contributed by atoms with Gasteiger partial charge in [0.05, 0.1) is 22.4 Å². The number of nitrogens with one attached hydrogen (secondary N) is 1. The number of carbonyl (C=O) groups is 1. The molecule has 0 saturated heterocycles. The highest BCUT2D eigenvalue weighted by molar-refractivity contribution is 7.22. The van der Waals surface area contributed by atoms with Crippen LogP contribution in [-0.2, 0) is 22.9 Å². The summed E-state index contributed by atoms with van der Waals surface area (Å²) in [5.41, 5.74) is -2.55. The highest BCUT2D eigenvalue weighted by Gasteiger charge is 2.43. The molecule has 0 fully saturated rings. The number of benzene rings is 1. The Balaban J connectivity index is 2.21. The molecule has 1 aliphatic rings. The fourth-order valence-corrected chi connectivity index (χ4v) is 4.24. The van der Waals surface area contributed by atoms with Gasteiger partial charge < -0.3 is 5.32 Å². The van der Waals surface area contributed by atoms with Crippen LogP contribution in [0.4, 0.5) is 26.3 Å². The highest BCUT2D eigenvalue weighted by Crippen LogP contribution is 2.40. The normalized spacial score (nSPS) is 18.4. The molecular weight excluding hydrogens is 477 g/mol. The van der Waals surface area contributed by atoms with Crippen molar-refractivity contribution in [2.24, 2.45) is 5.92 Å². The van der Waals surface area contributed by atoms with Crippen molar-refractivity contribution in [3.8, 4) is 0 Å². The third-order valence-electron chi connectivity index (χ3n) is 5.35. The maximum atomic E-state index is 13.4. The molecule has 34 heavy (non-hydrogen) atoms. The summed E-state index contributed by atoms with van der Waals surface area (Å²) in [7, 11) is 2.22. The molecule has 1 N–H and O–H groups in total. The van der Waals surface area contributed by atoms with Crippen LogP contribution in [0.3, 0.4) is 0 Å². The molecule has 2 aromatic rings. The fourth-order valence-electron chi connectivity index (χ4n) is 3.86.